The minimum atomic E-state index is -4.56. The van der Waals surface area contributed by atoms with Gasteiger partial charge in [-0.2, -0.15) is 13.2 Å². The van der Waals surface area contributed by atoms with Crippen molar-refractivity contribution < 1.29 is 22.7 Å². The normalized spacial score (nSPS) is 26.2. The number of nitrogens with two attached hydrogens (primary N) is 1. The summed E-state index contributed by atoms with van der Waals surface area (Å²) in [5.74, 6) is 0.219. The highest BCUT2D eigenvalue weighted by atomic mass is 35.5. The van der Waals surface area contributed by atoms with E-state index in [0.717, 1.165) is 25.3 Å². The van der Waals surface area contributed by atoms with Crippen molar-refractivity contribution in [3.05, 3.63) is 28.3 Å². The number of methoxy groups -OCH3 is 1. The second kappa shape index (κ2) is 5.81. The van der Waals surface area contributed by atoms with Crippen molar-refractivity contribution in [3.8, 4) is 0 Å². The first kappa shape index (κ1) is 17.4. The summed E-state index contributed by atoms with van der Waals surface area (Å²) in [5.41, 5.74) is 4.99. The number of esters is 1. The number of halogens is 4. The van der Waals surface area contributed by atoms with E-state index in [1.165, 1.54) is 13.2 Å². The van der Waals surface area contributed by atoms with Crippen LogP contribution in [0.4, 0.5) is 18.9 Å². The van der Waals surface area contributed by atoms with Crippen LogP contribution in [0.15, 0.2) is 12.1 Å². The Bertz CT molecular complexity index is 661. The summed E-state index contributed by atoms with van der Waals surface area (Å²) >= 11 is 5.91. The third-order valence-electron chi connectivity index (χ3n) is 5.19. The molecular formula is C16H18ClF3N2O2. The number of nitrogens with one attached hydrogen (secondary N) is 1. The first-order valence-electron chi connectivity index (χ1n) is 7.65. The molecule has 132 valence electrons. The number of anilines is 1. The van der Waals surface area contributed by atoms with Crippen LogP contribution >= 0.6 is 11.6 Å². The van der Waals surface area contributed by atoms with E-state index < -0.39 is 28.8 Å². The number of benzene rings is 1. The Balaban J connectivity index is 1.93. The van der Waals surface area contributed by atoms with Gasteiger partial charge in [0.2, 0.25) is 0 Å². The summed E-state index contributed by atoms with van der Waals surface area (Å²) in [7, 11) is 1.30. The lowest BCUT2D eigenvalue weighted by Gasteiger charge is -2.64. The zero-order valence-corrected chi connectivity index (χ0v) is 13.8. The highest BCUT2D eigenvalue weighted by molar-refractivity contribution is 6.32. The number of hydrogen-bond acceptors (Lipinski definition) is 4. The minimum absolute atomic E-state index is 0.145. The molecule has 8 heteroatoms. The molecule has 4 rings (SSSR count). The highest BCUT2D eigenvalue weighted by Crippen LogP contribution is 2.66. The van der Waals surface area contributed by atoms with Crippen LogP contribution in [0.25, 0.3) is 0 Å². The molecule has 3 fully saturated rings. The predicted molar refractivity (Wildman–Crippen MR) is 83.5 cm³/mol. The number of hydrogen-bond donors (Lipinski definition) is 2. The van der Waals surface area contributed by atoms with E-state index in [-0.39, 0.29) is 17.5 Å². The Morgan fingerprint density at radius 1 is 1.46 bits per heavy atom. The minimum Gasteiger partial charge on any atom is -0.467 e. The van der Waals surface area contributed by atoms with Crippen LogP contribution in [0, 0.1) is 11.3 Å². The Hall–Kier alpha value is -1.47. The summed E-state index contributed by atoms with van der Waals surface area (Å²) in [5, 5.41) is 2.61. The zero-order chi connectivity index (χ0) is 17.7. The first-order valence-corrected chi connectivity index (χ1v) is 8.02. The Morgan fingerprint density at radius 3 is 2.50 bits per heavy atom. The molecular weight excluding hydrogens is 345 g/mol. The van der Waals surface area contributed by atoms with E-state index in [4.69, 9.17) is 22.1 Å². The molecule has 3 aliphatic carbocycles. The maximum Gasteiger partial charge on any atom is 0.417 e. The summed E-state index contributed by atoms with van der Waals surface area (Å²) in [6.07, 6.45) is -1.79. The van der Waals surface area contributed by atoms with Gasteiger partial charge in [-0.05, 0) is 37.3 Å². The summed E-state index contributed by atoms with van der Waals surface area (Å²) in [6, 6.07) is 1.57. The summed E-state index contributed by atoms with van der Waals surface area (Å²) in [4.78, 5) is 12.2. The maximum absolute atomic E-state index is 13.0. The number of alkyl halides is 3. The molecule has 0 saturated heterocycles. The fourth-order valence-electron chi connectivity index (χ4n) is 3.81. The van der Waals surface area contributed by atoms with E-state index in [2.05, 4.69) is 5.32 Å². The number of carbonyl (C=O) groups excluding carboxylic acids is 1. The second-order valence-corrected chi connectivity index (χ2v) is 6.97. The Morgan fingerprint density at radius 2 is 2.08 bits per heavy atom. The van der Waals surface area contributed by atoms with Crippen molar-refractivity contribution in [1.29, 1.82) is 0 Å². The molecule has 1 aromatic rings. The van der Waals surface area contributed by atoms with Gasteiger partial charge in [-0.3, -0.25) is 0 Å². The van der Waals surface area contributed by atoms with Gasteiger partial charge in [0.05, 0.1) is 17.7 Å². The SMILES string of the molecule is COC(=O)C(Nc1ccc(C(F)(F)F)c(Cl)c1CN)C12CC(C1)C2. The molecule has 1 unspecified atom stereocenters. The molecule has 4 nitrogen and oxygen atoms in total. The largest absolute Gasteiger partial charge is 0.467 e. The number of ether oxygens (including phenoxy) is 1. The smallest absolute Gasteiger partial charge is 0.417 e. The van der Waals surface area contributed by atoms with E-state index in [0.29, 0.717) is 11.6 Å². The quantitative estimate of drug-likeness (QED) is 0.786. The number of carbonyl (C=O) groups is 1. The van der Waals surface area contributed by atoms with E-state index in [1.807, 2.05) is 0 Å². The number of rotatable bonds is 5. The van der Waals surface area contributed by atoms with Gasteiger partial charge >= 0.3 is 12.1 Å². The molecule has 3 saturated carbocycles. The fraction of sp³-hybridized carbons (Fsp3) is 0.562. The van der Waals surface area contributed by atoms with Gasteiger partial charge in [0.15, 0.2) is 0 Å². The van der Waals surface area contributed by atoms with Crippen LogP contribution in [0.5, 0.6) is 0 Å². The molecule has 0 aliphatic heterocycles. The molecule has 2 bridgehead atoms. The van der Waals surface area contributed by atoms with Crippen molar-refractivity contribution >= 4 is 23.3 Å². The van der Waals surface area contributed by atoms with Crippen LogP contribution in [-0.4, -0.2) is 19.1 Å². The molecule has 3 N–H and O–H groups in total. The van der Waals surface area contributed by atoms with Gasteiger partial charge in [-0.15, -0.1) is 0 Å². The maximum atomic E-state index is 13.0. The van der Waals surface area contributed by atoms with Crippen molar-refractivity contribution in [2.24, 2.45) is 17.1 Å². The molecule has 0 heterocycles. The fourth-order valence-corrected chi connectivity index (χ4v) is 4.16. The van der Waals surface area contributed by atoms with Crippen molar-refractivity contribution in [1.82, 2.24) is 0 Å². The molecule has 0 amide bonds. The molecule has 0 spiro atoms. The third-order valence-corrected chi connectivity index (χ3v) is 5.62. The van der Waals surface area contributed by atoms with E-state index >= 15 is 0 Å². The van der Waals surface area contributed by atoms with Gasteiger partial charge in [0.1, 0.15) is 6.04 Å². The average molecular weight is 363 g/mol. The monoisotopic (exact) mass is 362 g/mol. The van der Waals surface area contributed by atoms with E-state index in [1.54, 1.807) is 0 Å². The summed E-state index contributed by atoms with van der Waals surface area (Å²) < 4.78 is 43.8. The third kappa shape index (κ3) is 2.63. The molecule has 0 aromatic heterocycles. The standard InChI is InChI=1S/C16H18ClF3N2O2/c1-24-14(23)13(15-4-8(5-15)6-15)22-11-3-2-10(16(18,19)20)12(17)9(11)7-21/h2-3,8,13,22H,4-7,21H2,1H3. The predicted octanol–water partition coefficient (Wildman–Crippen LogP) is 3.57. The van der Waals surface area contributed by atoms with Crippen LogP contribution in [-0.2, 0) is 22.3 Å². The van der Waals surface area contributed by atoms with Gasteiger partial charge in [-0.25, -0.2) is 4.79 Å². The average Bonchev–Trinajstić information content (AvgIpc) is 2.41. The van der Waals surface area contributed by atoms with Gasteiger partial charge in [-0.1, -0.05) is 11.6 Å². The zero-order valence-electron chi connectivity index (χ0n) is 13.0. The molecule has 1 atom stereocenters. The molecule has 3 aliphatic rings. The van der Waals surface area contributed by atoms with Gasteiger partial charge < -0.3 is 15.8 Å². The molecule has 1 aromatic carbocycles. The van der Waals surface area contributed by atoms with Crippen molar-refractivity contribution in [2.75, 3.05) is 12.4 Å². The summed E-state index contributed by atoms with van der Waals surface area (Å²) in [6.45, 7) is -0.172. The van der Waals surface area contributed by atoms with Crippen LogP contribution < -0.4 is 11.1 Å². The van der Waals surface area contributed by atoms with Crippen LogP contribution in [0.1, 0.15) is 30.4 Å². The van der Waals surface area contributed by atoms with E-state index in [9.17, 15) is 18.0 Å². The van der Waals surface area contributed by atoms with Crippen LogP contribution in [0.3, 0.4) is 0 Å². The van der Waals surface area contributed by atoms with Gasteiger partial charge in [0.25, 0.3) is 0 Å². The van der Waals surface area contributed by atoms with Crippen LogP contribution in [0.2, 0.25) is 5.02 Å². The first-order chi connectivity index (χ1) is 11.2. The second-order valence-electron chi connectivity index (χ2n) is 6.60. The Labute approximate surface area is 142 Å². The molecule has 0 radical (unpaired) electrons. The topological polar surface area (TPSA) is 64.3 Å². The highest BCUT2D eigenvalue weighted by Gasteiger charge is 2.63. The van der Waals surface area contributed by atoms with Gasteiger partial charge in [0, 0.05) is 23.2 Å². The van der Waals surface area contributed by atoms with Crippen molar-refractivity contribution in [3.63, 3.8) is 0 Å². The lowest BCUT2D eigenvalue weighted by molar-refractivity contribution is -0.165. The lowest BCUT2D eigenvalue weighted by atomic mass is 9.41. The molecule has 24 heavy (non-hydrogen) atoms. The van der Waals surface area contributed by atoms with Crippen molar-refractivity contribution in [2.45, 2.75) is 38.0 Å². The lowest BCUT2D eigenvalue weighted by Crippen LogP contribution is -2.63. The Kier molecular flexibility index (Phi) is 4.20.